The van der Waals surface area contributed by atoms with Gasteiger partial charge in [0.1, 0.15) is 5.82 Å². The van der Waals surface area contributed by atoms with Crippen LogP contribution in [0.25, 0.3) is 0 Å². The summed E-state index contributed by atoms with van der Waals surface area (Å²) in [5.41, 5.74) is 6.79. The summed E-state index contributed by atoms with van der Waals surface area (Å²) in [6.07, 6.45) is 0.709. The molecular weight excluding hydrogens is 207 g/mol. The van der Waals surface area contributed by atoms with Crippen molar-refractivity contribution in [3.63, 3.8) is 0 Å². The fourth-order valence-electron chi connectivity index (χ4n) is 1.42. The SMILES string of the molecule is CC(C)(CCO)CNc1ccc(F)cc1N. The van der Waals surface area contributed by atoms with E-state index in [1.807, 2.05) is 0 Å². The van der Waals surface area contributed by atoms with Gasteiger partial charge >= 0.3 is 0 Å². The first-order chi connectivity index (χ1) is 7.44. The highest BCUT2D eigenvalue weighted by molar-refractivity contribution is 5.65. The topological polar surface area (TPSA) is 58.3 Å². The van der Waals surface area contributed by atoms with Crippen molar-refractivity contribution < 1.29 is 9.50 Å². The average molecular weight is 226 g/mol. The van der Waals surface area contributed by atoms with Crippen LogP contribution in [0.15, 0.2) is 18.2 Å². The number of anilines is 2. The molecule has 1 aromatic rings. The number of benzene rings is 1. The number of aliphatic hydroxyl groups is 1. The van der Waals surface area contributed by atoms with E-state index in [1.54, 1.807) is 6.07 Å². The normalized spacial score (nSPS) is 11.5. The highest BCUT2D eigenvalue weighted by atomic mass is 19.1. The summed E-state index contributed by atoms with van der Waals surface area (Å²) in [5.74, 6) is -0.335. The molecule has 0 bridgehead atoms. The lowest BCUT2D eigenvalue weighted by molar-refractivity contribution is 0.220. The summed E-state index contributed by atoms with van der Waals surface area (Å²) in [5, 5.41) is 12.1. The van der Waals surface area contributed by atoms with Crippen molar-refractivity contribution in [1.29, 1.82) is 0 Å². The van der Waals surface area contributed by atoms with E-state index in [4.69, 9.17) is 10.8 Å². The van der Waals surface area contributed by atoms with Crippen molar-refractivity contribution in [3.05, 3.63) is 24.0 Å². The largest absolute Gasteiger partial charge is 0.397 e. The fourth-order valence-corrected chi connectivity index (χ4v) is 1.42. The molecule has 0 aliphatic heterocycles. The van der Waals surface area contributed by atoms with E-state index < -0.39 is 0 Å². The van der Waals surface area contributed by atoms with E-state index in [2.05, 4.69) is 19.2 Å². The van der Waals surface area contributed by atoms with Crippen molar-refractivity contribution in [2.75, 3.05) is 24.2 Å². The van der Waals surface area contributed by atoms with Gasteiger partial charge in [0.25, 0.3) is 0 Å². The van der Waals surface area contributed by atoms with Crippen molar-refractivity contribution in [2.45, 2.75) is 20.3 Å². The molecule has 0 saturated heterocycles. The highest BCUT2D eigenvalue weighted by Crippen LogP contribution is 2.24. The molecule has 0 saturated carbocycles. The quantitative estimate of drug-likeness (QED) is 0.675. The smallest absolute Gasteiger partial charge is 0.125 e. The molecule has 0 spiro atoms. The highest BCUT2D eigenvalue weighted by Gasteiger charge is 2.17. The van der Waals surface area contributed by atoms with Crippen LogP contribution in [0, 0.1) is 11.2 Å². The third-order valence-corrected chi connectivity index (χ3v) is 2.56. The van der Waals surface area contributed by atoms with Gasteiger partial charge in [-0.05, 0) is 30.0 Å². The number of nitrogens with one attached hydrogen (secondary N) is 1. The van der Waals surface area contributed by atoms with Gasteiger partial charge in [-0.3, -0.25) is 0 Å². The number of rotatable bonds is 5. The lowest BCUT2D eigenvalue weighted by Crippen LogP contribution is -2.24. The van der Waals surface area contributed by atoms with E-state index in [-0.39, 0.29) is 17.8 Å². The lowest BCUT2D eigenvalue weighted by Gasteiger charge is -2.24. The van der Waals surface area contributed by atoms with Crippen LogP contribution in [-0.2, 0) is 0 Å². The second kappa shape index (κ2) is 5.16. The number of hydrogen-bond donors (Lipinski definition) is 3. The van der Waals surface area contributed by atoms with E-state index in [0.29, 0.717) is 18.7 Å². The minimum atomic E-state index is -0.335. The standard InChI is InChI=1S/C12H19FN2O/c1-12(2,5-6-16)8-15-11-4-3-9(13)7-10(11)14/h3-4,7,15-16H,5-6,8,14H2,1-2H3. The van der Waals surface area contributed by atoms with Gasteiger partial charge < -0.3 is 16.2 Å². The van der Waals surface area contributed by atoms with Crippen LogP contribution in [0.2, 0.25) is 0 Å². The zero-order chi connectivity index (χ0) is 12.2. The predicted octanol–water partition coefficient (Wildman–Crippen LogP) is 2.23. The van der Waals surface area contributed by atoms with Gasteiger partial charge in [-0.1, -0.05) is 13.8 Å². The molecule has 1 aromatic carbocycles. The van der Waals surface area contributed by atoms with Gasteiger partial charge in [-0.25, -0.2) is 4.39 Å². The molecule has 0 fully saturated rings. The van der Waals surface area contributed by atoms with Crippen LogP contribution < -0.4 is 11.1 Å². The molecule has 0 atom stereocenters. The van der Waals surface area contributed by atoms with Crippen LogP contribution in [0.4, 0.5) is 15.8 Å². The number of hydrogen-bond acceptors (Lipinski definition) is 3. The van der Waals surface area contributed by atoms with Gasteiger partial charge in [-0.15, -0.1) is 0 Å². The maximum atomic E-state index is 12.8. The minimum Gasteiger partial charge on any atom is -0.397 e. The van der Waals surface area contributed by atoms with Gasteiger partial charge in [0.15, 0.2) is 0 Å². The molecule has 0 heterocycles. The molecule has 0 aliphatic rings. The molecule has 90 valence electrons. The second-order valence-electron chi connectivity index (χ2n) is 4.72. The monoisotopic (exact) mass is 226 g/mol. The Morgan fingerprint density at radius 2 is 2.12 bits per heavy atom. The molecule has 0 amide bonds. The van der Waals surface area contributed by atoms with E-state index in [9.17, 15) is 4.39 Å². The third-order valence-electron chi connectivity index (χ3n) is 2.56. The number of nitrogen functional groups attached to an aromatic ring is 1. The molecule has 1 rings (SSSR count). The second-order valence-corrected chi connectivity index (χ2v) is 4.72. The summed E-state index contributed by atoms with van der Waals surface area (Å²) in [4.78, 5) is 0. The average Bonchev–Trinajstić information content (AvgIpc) is 2.16. The van der Waals surface area contributed by atoms with Crippen LogP contribution in [0.1, 0.15) is 20.3 Å². The third kappa shape index (κ3) is 3.70. The first kappa shape index (κ1) is 12.8. The molecular formula is C12H19FN2O. The van der Waals surface area contributed by atoms with Gasteiger partial charge in [0, 0.05) is 13.2 Å². The number of nitrogens with two attached hydrogens (primary N) is 1. The summed E-state index contributed by atoms with van der Waals surface area (Å²) < 4.78 is 12.8. The molecule has 4 heteroatoms. The predicted molar refractivity (Wildman–Crippen MR) is 64.8 cm³/mol. The van der Waals surface area contributed by atoms with Gasteiger partial charge in [0.05, 0.1) is 11.4 Å². The van der Waals surface area contributed by atoms with Gasteiger partial charge in [0.2, 0.25) is 0 Å². The first-order valence-electron chi connectivity index (χ1n) is 5.34. The van der Waals surface area contributed by atoms with Crippen LogP contribution in [0.3, 0.4) is 0 Å². The molecule has 4 N–H and O–H groups in total. The molecule has 0 radical (unpaired) electrons. The zero-order valence-corrected chi connectivity index (χ0v) is 9.76. The van der Waals surface area contributed by atoms with Crippen LogP contribution in [0.5, 0.6) is 0 Å². The van der Waals surface area contributed by atoms with Crippen LogP contribution >= 0.6 is 0 Å². The van der Waals surface area contributed by atoms with Crippen molar-refractivity contribution in [1.82, 2.24) is 0 Å². The molecule has 3 nitrogen and oxygen atoms in total. The molecule has 0 aliphatic carbocycles. The maximum absolute atomic E-state index is 12.8. The minimum absolute atomic E-state index is 0.0183. The van der Waals surface area contributed by atoms with Crippen LogP contribution in [-0.4, -0.2) is 18.3 Å². The summed E-state index contributed by atoms with van der Waals surface area (Å²) in [6.45, 7) is 4.95. The van der Waals surface area contributed by atoms with Crippen molar-refractivity contribution in [3.8, 4) is 0 Å². The van der Waals surface area contributed by atoms with E-state index in [1.165, 1.54) is 12.1 Å². The number of aliphatic hydroxyl groups excluding tert-OH is 1. The Balaban J connectivity index is 2.61. The molecule has 0 aromatic heterocycles. The van der Waals surface area contributed by atoms with Crippen molar-refractivity contribution >= 4 is 11.4 Å². The summed E-state index contributed by atoms with van der Waals surface area (Å²) in [7, 11) is 0. The maximum Gasteiger partial charge on any atom is 0.125 e. The first-order valence-corrected chi connectivity index (χ1v) is 5.34. The lowest BCUT2D eigenvalue weighted by atomic mass is 9.89. The Morgan fingerprint density at radius 3 is 2.69 bits per heavy atom. The fraction of sp³-hybridized carbons (Fsp3) is 0.500. The Morgan fingerprint density at radius 1 is 1.44 bits per heavy atom. The zero-order valence-electron chi connectivity index (χ0n) is 9.76. The summed E-state index contributed by atoms with van der Waals surface area (Å²) in [6, 6.07) is 4.29. The molecule has 0 unspecified atom stereocenters. The Bertz CT molecular complexity index is 353. The Hall–Kier alpha value is -1.29. The van der Waals surface area contributed by atoms with Crippen molar-refractivity contribution in [2.24, 2.45) is 5.41 Å². The number of halogens is 1. The summed E-state index contributed by atoms with van der Waals surface area (Å²) >= 11 is 0. The van der Waals surface area contributed by atoms with Gasteiger partial charge in [-0.2, -0.15) is 0 Å². The van der Waals surface area contributed by atoms with E-state index in [0.717, 1.165) is 5.69 Å². The Kier molecular flexibility index (Phi) is 4.12. The Labute approximate surface area is 95.5 Å². The van der Waals surface area contributed by atoms with E-state index >= 15 is 0 Å². The molecule has 16 heavy (non-hydrogen) atoms.